The summed E-state index contributed by atoms with van der Waals surface area (Å²) in [6, 6.07) is 3.24. The molecule has 1 rings (SSSR count). The summed E-state index contributed by atoms with van der Waals surface area (Å²) < 4.78 is 0. The van der Waals surface area contributed by atoms with Gasteiger partial charge < -0.3 is 10.2 Å². The Morgan fingerprint density at radius 3 is 1.80 bits per heavy atom. The molecule has 1 aromatic rings. The third-order valence-corrected chi connectivity index (χ3v) is 1.50. The van der Waals surface area contributed by atoms with Crippen LogP contribution in [0.3, 0.4) is 0 Å². The van der Waals surface area contributed by atoms with Crippen molar-refractivity contribution in [2.75, 3.05) is 0 Å². The Balaban J connectivity index is 3.31. The van der Waals surface area contributed by atoms with E-state index < -0.39 is 0 Å². The van der Waals surface area contributed by atoms with E-state index >= 15 is 0 Å². The number of rotatable bonds is 0. The molecule has 0 aromatic heterocycles. The molecule has 0 spiro atoms. The molecule has 0 atom stereocenters. The smallest absolute Gasteiger partial charge is 0.149 e. The number of hydrogen-bond acceptors (Lipinski definition) is 2. The second kappa shape index (κ2) is 2.29. The van der Waals surface area contributed by atoms with Crippen LogP contribution in [0.25, 0.3) is 0 Å². The van der Waals surface area contributed by atoms with Crippen LogP contribution in [0.2, 0.25) is 0 Å². The first-order valence-corrected chi connectivity index (χ1v) is 3.10. The average molecular weight is 134 g/mol. The zero-order valence-corrected chi connectivity index (χ0v) is 6.05. The first kappa shape index (κ1) is 7.06. The van der Waals surface area contributed by atoms with Crippen LogP contribution in [-0.2, 0) is 0 Å². The van der Waals surface area contributed by atoms with Crippen LogP contribution >= 0.6 is 0 Å². The van der Waals surface area contributed by atoms with Crippen LogP contribution in [0.1, 0.15) is 0 Å². The Bertz CT molecular complexity index is 237. The van der Waals surface area contributed by atoms with Gasteiger partial charge in [0.1, 0.15) is 27.2 Å². The molecular formula is C6H8B2O2. The van der Waals surface area contributed by atoms with Gasteiger partial charge in [-0.25, -0.2) is 0 Å². The minimum atomic E-state index is 0.150. The lowest BCUT2D eigenvalue weighted by atomic mass is 9.87. The van der Waals surface area contributed by atoms with Gasteiger partial charge >= 0.3 is 0 Å². The van der Waals surface area contributed by atoms with Crippen LogP contribution in [0, 0.1) is 0 Å². The Labute approximate surface area is 61.3 Å². The number of aromatic hydroxyl groups is 2. The molecule has 0 saturated heterocycles. The van der Waals surface area contributed by atoms with E-state index in [4.69, 9.17) is 10.2 Å². The molecule has 0 aliphatic rings. The summed E-state index contributed by atoms with van der Waals surface area (Å²) in [5, 5.41) is 18.2. The highest BCUT2D eigenvalue weighted by molar-refractivity contribution is 6.38. The molecule has 0 amide bonds. The van der Waals surface area contributed by atoms with E-state index in [-0.39, 0.29) is 11.5 Å². The molecule has 0 unspecified atom stereocenters. The van der Waals surface area contributed by atoms with Crippen LogP contribution in [0.4, 0.5) is 0 Å². The van der Waals surface area contributed by atoms with E-state index in [0.717, 1.165) is 5.46 Å². The lowest BCUT2D eigenvalue weighted by Gasteiger charge is -2.02. The zero-order valence-electron chi connectivity index (χ0n) is 6.05. The molecule has 0 fully saturated rings. The van der Waals surface area contributed by atoms with Gasteiger partial charge in [0.15, 0.2) is 0 Å². The van der Waals surface area contributed by atoms with E-state index in [9.17, 15) is 0 Å². The first-order chi connectivity index (χ1) is 4.61. The van der Waals surface area contributed by atoms with Gasteiger partial charge in [-0.15, -0.1) is 0 Å². The highest BCUT2D eigenvalue weighted by atomic mass is 16.3. The Kier molecular flexibility index (Phi) is 1.62. The second-order valence-corrected chi connectivity index (χ2v) is 2.43. The first-order valence-electron chi connectivity index (χ1n) is 3.10. The molecule has 2 nitrogen and oxygen atoms in total. The molecule has 0 aliphatic heterocycles. The maximum atomic E-state index is 9.12. The van der Waals surface area contributed by atoms with Crippen molar-refractivity contribution < 1.29 is 10.2 Å². The van der Waals surface area contributed by atoms with Crippen molar-refractivity contribution >= 4 is 26.6 Å². The van der Waals surface area contributed by atoms with Gasteiger partial charge in [0.2, 0.25) is 0 Å². The maximum absolute atomic E-state index is 9.12. The number of benzene rings is 1. The predicted octanol–water partition coefficient (Wildman–Crippen LogP) is -2.39. The van der Waals surface area contributed by atoms with Crippen LogP contribution < -0.4 is 10.9 Å². The summed E-state index contributed by atoms with van der Waals surface area (Å²) in [7, 11) is 3.49. The zero-order chi connectivity index (χ0) is 7.72. The highest BCUT2D eigenvalue weighted by Crippen LogP contribution is 2.08. The quantitative estimate of drug-likeness (QED) is 0.388. The Morgan fingerprint density at radius 2 is 1.40 bits per heavy atom. The normalized spacial score (nSPS) is 9.60. The van der Waals surface area contributed by atoms with Crippen molar-refractivity contribution in [2.45, 2.75) is 0 Å². The van der Waals surface area contributed by atoms with Crippen molar-refractivity contribution in [3.05, 3.63) is 12.1 Å². The Hall–Kier alpha value is -1.05. The van der Waals surface area contributed by atoms with Gasteiger partial charge in [-0.3, -0.25) is 0 Å². The van der Waals surface area contributed by atoms with E-state index in [1.165, 1.54) is 0 Å². The molecule has 0 bridgehead atoms. The fraction of sp³-hybridized carbons (Fsp3) is 0. The Morgan fingerprint density at radius 1 is 1.00 bits per heavy atom. The van der Waals surface area contributed by atoms with Crippen molar-refractivity contribution in [1.82, 2.24) is 0 Å². The molecule has 2 N–H and O–H groups in total. The average Bonchev–Trinajstić information content (AvgIpc) is 1.82. The lowest BCUT2D eigenvalue weighted by molar-refractivity contribution is 0.459. The third-order valence-electron chi connectivity index (χ3n) is 1.50. The van der Waals surface area contributed by atoms with Crippen LogP contribution in [0.15, 0.2) is 12.1 Å². The van der Waals surface area contributed by atoms with Gasteiger partial charge in [-0.2, -0.15) is 0 Å². The minimum Gasteiger partial charge on any atom is -0.508 e. The van der Waals surface area contributed by atoms with Crippen LogP contribution in [-0.4, -0.2) is 25.9 Å². The standard InChI is InChI=1S/C6H8B2O2/c7-3-1-4(9)6(8)5(10)2-3/h1-2,9-10H,7-8H2. The number of hydrogen-bond donors (Lipinski definition) is 2. The van der Waals surface area contributed by atoms with Crippen molar-refractivity contribution in [3.63, 3.8) is 0 Å². The summed E-state index contributed by atoms with van der Waals surface area (Å²) >= 11 is 0. The van der Waals surface area contributed by atoms with Gasteiger partial charge in [-0.1, -0.05) is 5.46 Å². The van der Waals surface area contributed by atoms with E-state index in [2.05, 4.69) is 0 Å². The van der Waals surface area contributed by atoms with E-state index in [1.54, 1.807) is 20.0 Å². The van der Waals surface area contributed by atoms with Crippen molar-refractivity contribution in [3.8, 4) is 11.5 Å². The third kappa shape index (κ3) is 1.10. The van der Waals surface area contributed by atoms with E-state index in [0.29, 0.717) is 5.46 Å². The van der Waals surface area contributed by atoms with Gasteiger partial charge in [0.05, 0.1) is 0 Å². The summed E-state index contributed by atoms with van der Waals surface area (Å²) in [6.07, 6.45) is 0. The molecule has 0 radical (unpaired) electrons. The fourth-order valence-electron chi connectivity index (χ4n) is 0.821. The van der Waals surface area contributed by atoms with Gasteiger partial charge in [0.25, 0.3) is 0 Å². The maximum Gasteiger partial charge on any atom is 0.149 e. The van der Waals surface area contributed by atoms with Crippen molar-refractivity contribution in [1.29, 1.82) is 0 Å². The van der Waals surface area contributed by atoms with Crippen molar-refractivity contribution in [2.24, 2.45) is 0 Å². The SMILES string of the molecule is Bc1cc(O)c(B)c(O)c1. The largest absolute Gasteiger partial charge is 0.508 e. The molecule has 0 saturated carbocycles. The van der Waals surface area contributed by atoms with E-state index in [1.807, 2.05) is 7.85 Å². The molecule has 0 aliphatic carbocycles. The van der Waals surface area contributed by atoms with Gasteiger partial charge in [0, 0.05) is 0 Å². The second-order valence-electron chi connectivity index (χ2n) is 2.43. The fourth-order valence-corrected chi connectivity index (χ4v) is 0.821. The molecule has 1 aromatic carbocycles. The summed E-state index contributed by atoms with van der Waals surface area (Å²) in [4.78, 5) is 0. The molecule has 50 valence electrons. The lowest BCUT2D eigenvalue weighted by Crippen LogP contribution is -2.10. The van der Waals surface area contributed by atoms with Gasteiger partial charge in [-0.05, 0) is 17.6 Å². The molecular weight excluding hydrogens is 126 g/mol. The van der Waals surface area contributed by atoms with Crippen LogP contribution in [0.5, 0.6) is 11.5 Å². The number of phenolic OH excluding ortho intramolecular Hbond substituents is 2. The minimum absolute atomic E-state index is 0.150. The molecule has 4 heteroatoms. The number of phenols is 2. The highest BCUT2D eigenvalue weighted by Gasteiger charge is 2.00. The summed E-state index contributed by atoms with van der Waals surface area (Å²) in [5.41, 5.74) is 1.39. The summed E-state index contributed by atoms with van der Waals surface area (Å²) in [6.45, 7) is 0. The summed E-state index contributed by atoms with van der Waals surface area (Å²) in [5.74, 6) is 0.301. The monoisotopic (exact) mass is 134 g/mol. The molecule has 0 heterocycles. The molecule has 10 heavy (non-hydrogen) atoms. The topological polar surface area (TPSA) is 40.5 Å². The predicted molar refractivity (Wildman–Crippen MR) is 46.1 cm³/mol.